The van der Waals surface area contributed by atoms with Gasteiger partial charge in [0.25, 0.3) is 0 Å². The van der Waals surface area contributed by atoms with Gasteiger partial charge >= 0.3 is 0 Å². The fourth-order valence-electron chi connectivity index (χ4n) is 4.60. The van der Waals surface area contributed by atoms with Crippen LogP contribution < -0.4 is 5.32 Å². The minimum atomic E-state index is -0.174. The second-order valence-electron chi connectivity index (χ2n) is 8.69. The maximum atomic E-state index is 9.74. The highest BCUT2D eigenvalue weighted by atomic mass is 16.7. The Morgan fingerprint density at radius 2 is 2.00 bits per heavy atom. The molecule has 0 bridgehead atoms. The first-order valence-electron chi connectivity index (χ1n) is 11.7. The van der Waals surface area contributed by atoms with Crippen molar-refractivity contribution in [2.75, 3.05) is 18.5 Å². The molecule has 3 aromatic rings. The van der Waals surface area contributed by atoms with E-state index in [4.69, 9.17) is 14.5 Å². The molecule has 0 radical (unpaired) electrons. The minimum absolute atomic E-state index is 0.0885. The average molecular weight is 438 g/mol. The molecule has 3 aromatic heterocycles. The van der Waals surface area contributed by atoms with Crippen molar-refractivity contribution in [3.63, 3.8) is 0 Å². The number of rotatable bonds is 7. The van der Waals surface area contributed by atoms with Gasteiger partial charge in [-0.3, -0.25) is 0 Å². The Balaban J connectivity index is 1.32. The van der Waals surface area contributed by atoms with Gasteiger partial charge in [0.2, 0.25) is 5.95 Å². The van der Waals surface area contributed by atoms with Gasteiger partial charge < -0.3 is 24.5 Å². The molecule has 1 saturated carbocycles. The van der Waals surface area contributed by atoms with E-state index >= 15 is 0 Å². The van der Waals surface area contributed by atoms with Crippen LogP contribution in [-0.4, -0.2) is 56.3 Å². The largest absolute Gasteiger partial charge is 0.393 e. The highest BCUT2D eigenvalue weighted by molar-refractivity contribution is 5.93. The van der Waals surface area contributed by atoms with Crippen molar-refractivity contribution >= 4 is 17.0 Å². The van der Waals surface area contributed by atoms with E-state index in [2.05, 4.69) is 32.1 Å². The third kappa shape index (κ3) is 4.92. The minimum Gasteiger partial charge on any atom is -0.393 e. The summed E-state index contributed by atoms with van der Waals surface area (Å²) in [5.74, 6) is 0.631. The molecular weight excluding hydrogens is 406 g/mol. The summed E-state index contributed by atoms with van der Waals surface area (Å²) < 4.78 is 13.7. The predicted molar refractivity (Wildman–Crippen MR) is 122 cm³/mol. The van der Waals surface area contributed by atoms with Gasteiger partial charge in [-0.05, 0) is 63.1 Å². The molecule has 1 atom stereocenters. The molecule has 1 aliphatic heterocycles. The maximum Gasteiger partial charge on any atom is 0.223 e. The smallest absolute Gasteiger partial charge is 0.223 e. The molecule has 2 fully saturated rings. The van der Waals surface area contributed by atoms with Crippen LogP contribution in [0.4, 0.5) is 5.95 Å². The summed E-state index contributed by atoms with van der Waals surface area (Å²) in [6, 6.07) is 6.28. The molecule has 32 heavy (non-hydrogen) atoms. The first-order valence-corrected chi connectivity index (χ1v) is 11.7. The summed E-state index contributed by atoms with van der Waals surface area (Å²) >= 11 is 0. The zero-order valence-corrected chi connectivity index (χ0v) is 18.3. The number of hydrogen-bond donors (Lipinski definition) is 2. The molecule has 2 aliphatic rings. The molecule has 5 rings (SSSR count). The van der Waals surface area contributed by atoms with Gasteiger partial charge in [0.05, 0.1) is 18.4 Å². The van der Waals surface area contributed by atoms with Crippen LogP contribution in [0.3, 0.4) is 0 Å². The lowest BCUT2D eigenvalue weighted by Crippen LogP contribution is -2.28. The van der Waals surface area contributed by atoms with E-state index in [1.807, 2.05) is 18.3 Å². The summed E-state index contributed by atoms with van der Waals surface area (Å²) in [6.07, 6.45) is 12.2. The molecule has 1 saturated heterocycles. The summed E-state index contributed by atoms with van der Waals surface area (Å²) in [5, 5.41) is 14.3. The zero-order valence-electron chi connectivity index (χ0n) is 18.3. The molecule has 2 N–H and O–H groups in total. The van der Waals surface area contributed by atoms with E-state index in [0.29, 0.717) is 25.1 Å². The Kier molecular flexibility index (Phi) is 6.61. The number of nitrogens with one attached hydrogen (secondary N) is 1. The molecular formula is C24H31N5O3. The Hall–Kier alpha value is -2.55. The van der Waals surface area contributed by atoms with Gasteiger partial charge in [-0.1, -0.05) is 0 Å². The van der Waals surface area contributed by atoms with Crippen LogP contribution in [0.1, 0.15) is 44.9 Å². The molecule has 0 aromatic carbocycles. The van der Waals surface area contributed by atoms with Crippen LogP contribution >= 0.6 is 0 Å². The standard InChI is InChI=1S/C24H31N5O3/c30-18-8-6-17(7-9-18)27-24-26-12-10-21(28-24)20-16-29(23-19(20)4-3-11-25-23)13-15-32-22-5-1-2-14-31-22/h3-4,10-12,16-18,22,30H,1-2,5-9,13-15H2,(H,26,27,28). The second kappa shape index (κ2) is 9.94. The third-order valence-electron chi connectivity index (χ3n) is 6.37. The first kappa shape index (κ1) is 21.3. The van der Waals surface area contributed by atoms with Gasteiger partial charge in [0.15, 0.2) is 6.29 Å². The summed E-state index contributed by atoms with van der Waals surface area (Å²) in [7, 11) is 0. The van der Waals surface area contributed by atoms with Crippen molar-refractivity contribution in [3.05, 3.63) is 36.8 Å². The number of aromatic nitrogens is 4. The van der Waals surface area contributed by atoms with E-state index < -0.39 is 0 Å². The molecule has 4 heterocycles. The molecule has 1 unspecified atom stereocenters. The molecule has 0 spiro atoms. The number of pyridine rings is 1. The number of anilines is 1. The van der Waals surface area contributed by atoms with Crippen LogP contribution in [0.2, 0.25) is 0 Å². The SMILES string of the molecule is OC1CCC(Nc2nccc(-c3cn(CCOC4CCCCO4)c4ncccc34)n2)CC1. The quantitative estimate of drug-likeness (QED) is 0.581. The van der Waals surface area contributed by atoms with E-state index in [9.17, 15) is 5.11 Å². The van der Waals surface area contributed by atoms with Crippen LogP contribution in [0.5, 0.6) is 0 Å². The highest BCUT2D eigenvalue weighted by Crippen LogP contribution is 2.29. The molecule has 8 heteroatoms. The number of aliphatic hydroxyl groups is 1. The normalized spacial score (nSPS) is 24.0. The fourth-order valence-corrected chi connectivity index (χ4v) is 4.60. The van der Waals surface area contributed by atoms with Crippen molar-refractivity contribution < 1.29 is 14.6 Å². The summed E-state index contributed by atoms with van der Waals surface area (Å²) in [4.78, 5) is 13.8. The van der Waals surface area contributed by atoms with Crippen molar-refractivity contribution in [1.82, 2.24) is 19.5 Å². The molecule has 1 aliphatic carbocycles. The van der Waals surface area contributed by atoms with Gasteiger partial charge in [0.1, 0.15) is 5.65 Å². The number of hydrogen-bond acceptors (Lipinski definition) is 7. The van der Waals surface area contributed by atoms with Gasteiger partial charge in [-0.15, -0.1) is 0 Å². The second-order valence-corrected chi connectivity index (χ2v) is 8.69. The number of nitrogens with zero attached hydrogens (tertiary/aromatic N) is 4. The Bertz CT molecular complexity index is 1030. The number of fused-ring (bicyclic) bond motifs is 1. The van der Waals surface area contributed by atoms with Crippen LogP contribution in [0, 0.1) is 0 Å². The van der Waals surface area contributed by atoms with Crippen molar-refractivity contribution in [1.29, 1.82) is 0 Å². The first-order chi connectivity index (χ1) is 15.8. The molecule has 170 valence electrons. The topological polar surface area (TPSA) is 94.3 Å². The van der Waals surface area contributed by atoms with Crippen molar-refractivity contribution in [2.45, 2.75) is 69.9 Å². The van der Waals surface area contributed by atoms with Crippen LogP contribution in [-0.2, 0) is 16.0 Å². The molecule has 0 amide bonds. The Morgan fingerprint density at radius 1 is 1.09 bits per heavy atom. The fraction of sp³-hybridized carbons (Fsp3) is 0.542. The summed E-state index contributed by atoms with van der Waals surface area (Å²) in [6.45, 7) is 2.07. The average Bonchev–Trinajstić information content (AvgIpc) is 3.20. The monoisotopic (exact) mass is 437 g/mol. The Labute approximate surface area is 188 Å². The van der Waals surface area contributed by atoms with Gasteiger partial charge in [0, 0.05) is 48.7 Å². The number of ether oxygens (including phenoxy) is 2. The van der Waals surface area contributed by atoms with Crippen LogP contribution in [0.15, 0.2) is 36.8 Å². The highest BCUT2D eigenvalue weighted by Gasteiger charge is 2.20. The van der Waals surface area contributed by atoms with Crippen molar-refractivity contribution in [3.8, 4) is 11.3 Å². The maximum absolute atomic E-state index is 9.74. The zero-order chi connectivity index (χ0) is 21.8. The van der Waals surface area contributed by atoms with Gasteiger partial charge in [-0.25, -0.2) is 15.0 Å². The lowest BCUT2D eigenvalue weighted by molar-refractivity contribution is -0.163. The predicted octanol–water partition coefficient (Wildman–Crippen LogP) is 3.75. The van der Waals surface area contributed by atoms with E-state index in [1.54, 1.807) is 6.20 Å². The van der Waals surface area contributed by atoms with Crippen molar-refractivity contribution in [2.24, 2.45) is 0 Å². The van der Waals surface area contributed by atoms with E-state index in [1.165, 1.54) is 0 Å². The van der Waals surface area contributed by atoms with Crippen LogP contribution in [0.25, 0.3) is 22.3 Å². The number of aliphatic hydroxyl groups excluding tert-OH is 1. The van der Waals surface area contributed by atoms with E-state index in [0.717, 1.165) is 73.8 Å². The lowest BCUT2D eigenvalue weighted by atomic mass is 9.93. The lowest BCUT2D eigenvalue weighted by Gasteiger charge is -2.26. The molecule has 8 nitrogen and oxygen atoms in total. The summed E-state index contributed by atoms with van der Waals surface area (Å²) in [5.41, 5.74) is 2.82. The van der Waals surface area contributed by atoms with Gasteiger partial charge in [-0.2, -0.15) is 0 Å². The Morgan fingerprint density at radius 3 is 2.84 bits per heavy atom. The third-order valence-corrected chi connectivity index (χ3v) is 6.37. The van der Waals surface area contributed by atoms with E-state index in [-0.39, 0.29) is 12.4 Å².